The molecule has 2 aliphatic rings. The summed E-state index contributed by atoms with van der Waals surface area (Å²) in [7, 11) is 0. The fourth-order valence-electron chi connectivity index (χ4n) is 4.29. The van der Waals surface area contributed by atoms with E-state index in [4.69, 9.17) is 5.73 Å². The van der Waals surface area contributed by atoms with Crippen LogP contribution >= 0.6 is 0 Å². The monoisotopic (exact) mass is 224 g/mol. The Morgan fingerprint density at radius 2 is 1.44 bits per heavy atom. The highest BCUT2D eigenvalue weighted by Crippen LogP contribution is 2.43. The van der Waals surface area contributed by atoms with Crippen LogP contribution in [0.1, 0.15) is 65.7 Å². The van der Waals surface area contributed by atoms with Crippen molar-refractivity contribution in [3.8, 4) is 0 Å². The van der Waals surface area contributed by atoms with Gasteiger partial charge in [0.1, 0.15) is 0 Å². The van der Waals surface area contributed by atoms with Crippen LogP contribution in [-0.2, 0) is 0 Å². The summed E-state index contributed by atoms with van der Waals surface area (Å²) in [6.45, 7) is 7.09. The van der Waals surface area contributed by atoms with Crippen LogP contribution in [0.15, 0.2) is 0 Å². The van der Waals surface area contributed by atoms with Gasteiger partial charge in [-0.1, -0.05) is 20.8 Å². The van der Waals surface area contributed by atoms with Crippen LogP contribution in [0.4, 0.5) is 0 Å². The quantitative estimate of drug-likeness (QED) is 0.795. The van der Waals surface area contributed by atoms with Crippen LogP contribution in [0.5, 0.6) is 0 Å². The number of rotatable bonds is 4. The topological polar surface area (TPSA) is 29.3 Å². The minimum atomic E-state index is 0.464. The van der Waals surface area contributed by atoms with Gasteiger partial charge in [-0.05, 0) is 44.9 Å². The third kappa shape index (κ3) is 1.80. The molecule has 0 radical (unpaired) electrons. The van der Waals surface area contributed by atoms with E-state index in [0.717, 1.165) is 12.1 Å². The summed E-state index contributed by atoms with van der Waals surface area (Å²) in [4.78, 5) is 2.87. The molecule has 2 fully saturated rings. The van der Waals surface area contributed by atoms with Gasteiger partial charge in [-0.3, -0.25) is 4.90 Å². The Bertz CT molecular complexity index is 213. The van der Waals surface area contributed by atoms with E-state index in [9.17, 15) is 0 Å². The first-order chi connectivity index (χ1) is 7.66. The van der Waals surface area contributed by atoms with Crippen molar-refractivity contribution >= 4 is 0 Å². The van der Waals surface area contributed by atoms with Gasteiger partial charge in [0, 0.05) is 23.7 Å². The normalized spacial score (nSPS) is 35.6. The fraction of sp³-hybridized carbons (Fsp3) is 1.00. The molecule has 0 aromatic carbocycles. The van der Waals surface area contributed by atoms with Crippen molar-refractivity contribution in [2.75, 3.05) is 0 Å². The molecular formula is C14H28N2. The second kappa shape index (κ2) is 4.66. The van der Waals surface area contributed by atoms with Gasteiger partial charge in [0.25, 0.3) is 0 Å². The molecule has 16 heavy (non-hydrogen) atoms. The molecule has 0 aromatic heterocycles. The van der Waals surface area contributed by atoms with Gasteiger partial charge >= 0.3 is 0 Å². The van der Waals surface area contributed by atoms with Gasteiger partial charge in [0.2, 0.25) is 0 Å². The Labute approximate surface area is 101 Å². The van der Waals surface area contributed by atoms with Crippen molar-refractivity contribution in [1.82, 2.24) is 4.90 Å². The zero-order valence-corrected chi connectivity index (χ0v) is 11.2. The number of hydrogen-bond acceptors (Lipinski definition) is 2. The molecular weight excluding hydrogens is 196 g/mol. The maximum atomic E-state index is 6.16. The minimum absolute atomic E-state index is 0.464. The van der Waals surface area contributed by atoms with Crippen LogP contribution in [0.2, 0.25) is 0 Å². The van der Waals surface area contributed by atoms with Gasteiger partial charge in [-0.2, -0.15) is 0 Å². The van der Waals surface area contributed by atoms with E-state index < -0.39 is 0 Å². The number of piperidine rings is 1. The fourth-order valence-corrected chi connectivity index (χ4v) is 4.29. The Morgan fingerprint density at radius 1 is 1.00 bits per heavy atom. The standard InChI is InChI=1S/C14H28N2/c1-4-14(5-2,6-3)16-12-7-8-13(16)10-11(15)9-12/h11-13H,4-10,15H2,1-3H3. The summed E-state index contributed by atoms with van der Waals surface area (Å²) < 4.78 is 0. The van der Waals surface area contributed by atoms with Crippen molar-refractivity contribution in [2.24, 2.45) is 5.73 Å². The highest BCUT2D eigenvalue weighted by molar-refractivity contribution is 5.04. The first-order valence-electron chi connectivity index (χ1n) is 7.20. The Hall–Kier alpha value is -0.0800. The van der Waals surface area contributed by atoms with Gasteiger partial charge in [-0.15, -0.1) is 0 Å². The Balaban J connectivity index is 2.20. The van der Waals surface area contributed by atoms with Crippen LogP contribution in [0.3, 0.4) is 0 Å². The molecule has 0 saturated carbocycles. The van der Waals surface area contributed by atoms with Crippen LogP contribution < -0.4 is 5.73 Å². The van der Waals surface area contributed by atoms with Crippen molar-refractivity contribution in [2.45, 2.75) is 89.4 Å². The van der Waals surface area contributed by atoms with E-state index in [1.54, 1.807) is 0 Å². The third-order valence-electron chi connectivity index (χ3n) is 5.29. The molecule has 2 rings (SSSR count). The van der Waals surface area contributed by atoms with Crippen LogP contribution in [0.25, 0.3) is 0 Å². The van der Waals surface area contributed by atoms with E-state index in [1.807, 2.05) is 0 Å². The van der Waals surface area contributed by atoms with Gasteiger partial charge < -0.3 is 5.73 Å². The zero-order chi connectivity index (χ0) is 11.8. The number of nitrogens with zero attached hydrogens (tertiary/aromatic N) is 1. The summed E-state index contributed by atoms with van der Waals surface area (Å²) in [5, 5.41) is 0. The average molecular weight is 224 g/mol. The maximum absolute atomic E-state index is 6.16. The number of nitrogens with two attached hydrogens (primary N) is 1. The highest BCUT2D eigenvalue weighted by Gasteiger charge is 2.47. The Morgan fingerprint density at radius 3 is 1.81 bits per heavy atom. The Kier molecular flexibility index (Phi) is 3.60. The van der Waals surface area contributed by atoms with E-state index in [-0.39, 0.29) is 0 Å². The molecule has 0 spiro atoms. The SMILES string of the molecule is CCC(CC)(CC)N1C2CCC1CC(N)C2. The summed E-state index contributed by atoms with van der Waals surface area (Å²) in [6, 6.07) is 2.04. The van der Waals surface area contributed by atoms with E-state index in [1.165, 1.54) is 44.9 Å². The molecule has 2 nitrogen and oxygen atoms in total. The summed E-state index contributed by atoms with van der Waals surface area (Å²) >= 11 is 0. The van der Waals surface area contributed by atoms with Crippen molar-refractivity contribution in [3.05, 3.63) is 0 Å². The first kappa shape index (κ1) is 12.4. The molecule has 2 bridgehead atoms. The predicted octanol–water partition coefficient (Wildman–Crippen LogP) is 2.91. The molecule has 2 saturated heterocycles. The molecule has 0 aliphatic carbocycles. The highest BCUT2D eigenvalue weighted by atomic mass is 15.3. The lowest BCUT2D eigenvalue weighted by Gasteiger charge is -2.50. The second-order valence-electron chi connectivity index (χ2n) is 5.81. The first-order valence-corrected chi connectivity index (χ1v) is 7.20. The number of fused-ring (bicyclic) bond motifs is 2. The molecule has 0 aromatic rings. The molecule has 2 heterocycles. The lowest BCUT2D eigenvalue weighted by Crippen LogP contribution is -2.58. The van der Waals surface area contributed by atoms with Crippen LogP contribution in [-0.4, -0.2) is 28.6 Å². The zero-order valence-electron chi connectivity index (χ0n) is 11.2. The van der Waals surface area contributed by atoms with E-state index >= 15 is 0 Å². The maximum Gasteiger partial charge on any atom is 0.0207 e. The van der Waals surface area contributed by atoms with E-state index in [0.29, 0.717) is 11.6 Å². The molecule has 0 amide bonds. The van der Waals surface area contributed by atoms with Crippen molar-refractivity contribution < 1.29 is 0 Å². The lowest BCUT2D eigenvalue weighted by molar-refractivity contribution is -0.00491. The van der Waals surface area contributed by atoms with Crippen molar-refractivity contribution in [3.63, 3.8) is 0 Å². The summed E-state index contributed by atoms with van der Waals surface area (Å²) in [5.41, 5.74) is 6.62. The second-order valence-corrected chi connectivity index (χ2v) is 5.81. The molecule has 2 heteroatoms. The summed E-state index contributed by atoms with van der Waals surface area (Å²) in [5.74, 6) is 0. The smallest absolute Gasteiger partial charge is 0.0207 e. The van der Waals surface area contributed by atoms with Gasteiger partial charge in [0.15, 0.2) is 0 Å². The molecule has 2 aliphatic heterocycles. The average Bonchev–Trinajstić information content (AvgIpc) is 2.58. The van der Waals surface area contributed by atoms with Gasteiger partial charge in [-0.25, -0.2) is 0 Å². The third-order valence-corrected chi connectivity index (χ3v) is 5.29. The predicted molar refractivity (Wildman–Crippen MR) is 69.5 cm³/mol. The molecule has 94 valence electrons. The van der Waals surface area contributed by atoms with Crippen molar-refractivity contribution in [1.29, 1.82) is 0 Å². The van der Waals surface area contributed by atoms with Gasteiger partial charge in [0.05, 0.1) is 0 Å². The van der Waals surface area contributed by atoms with E-state index in [2.05, 4.69) is 25.7 Å². The number of hydrogen-bond donors (Lipinski definition) is 1. The molecule has 2 N–H and O–H groups in total. The minimum Gasteiger partial charge on any atom is -0.328 e. The molecule has 2 unspecified atom stereocenters. The van der Waals surface area contributed by atoms with Crippen LogP contribution in [0, 0.1) is 0 Å². The largest absolute Gasteiger partial charge is 0.328 e. The summed E-state index contributed by atoms with van der Waals surface area (Å²) in [6.07, 6.45) is 9.13. The lowest BCUT2D eigenvalue weighted by atomic mass is 9.83. The molecule has 2 atom stereocenters.